The Morgan fingerprint density at radius 2 is 2.04 bits per heavy atom. The molecular formula is C16H22N4O3. The maximum atomic E-state index is 12.6. The fourth-order valence-electron chi connectivity index (χ4n) is 2.89. The van der Waals surface area contributed by atoms with Gasteiger partial charge in [0.15, 0.2) is 5.82 Å². The molecule has 0 saturated carbocycles. The van der Waals surface area contributed by atoms with Crippen molar-refractivity contribution in [2.45, 2.75) is 38.8 Å². The van der Waals surface area contributed by atoms with E-state index in [1.807, 2.05) is 36.0 Å². The van der Waals surface area contributed by atoms with Crippen LogP contribution in [-0.4, -0.2) is 33.8 Å². The lowest BCUT2D eigenvalue weighted by Gasteiger charge is -2.29. The molecule has 2 atom stereocenters. The molecule has 1 amide bonds. The maximum absolute atomic E-state index is 12.6. The molecule has 1 N–H and O–H groups in total. The van der Waals surface area contributed by atoms with E-state index in [9.17, 15) is 4.79 Å². The highest BCUT2D eigenvalue weighted by Gasteiger charge is 2.32. The summed E-state index contributed by atoms with van der Waals surface area (Å²) < 4.78 is 12.6. The monoisotopic (exact) mass is 318 g/mol. The number of nitrogens with zero attached hydrogens (tertiary/aromatic N) is 3. The number of hydrogen-bond donors (Lipinski definition) is 1. The molecule has 0 aromatic carbocycles. The molecule has 7 heteroatoms. The van der Waals surface area contributed by atoms with Crippen molar-refractivity contribution in [1.82, 2.24) is 20.0 Å². The van der Waals surface area contributed by atoms with Gasteiger partial charge in [-0.25, -0.2) is 0 Å². The zero-order chi connectivity index (χ0) is 16.2. The molecule has 0 bridgehead atoms. The smallest absolute Gasteiger partial charge is 0.249 e. The van der Waals surface area contributed by atoms with Crippen LogP contribution in [0.5, 0.6) is 0 Å². The van der Waals surface area contributed by atoms with Gasteiger partial charge < -0.3 is 19.1 Å². The predicted octanol–water partition coefficient (Wildman–Crippen LogP) is 2.02. The van der Waals surface area contributed by atoms with E-state index in [0.29, 0.717) is 24.9 Å². The van der Waals surface area contributed by atoms with E-state index in [-0.39, 0.29) is 23.9 Å². The van der Waals surface area contributed by atoms with E-state index in [1.54, 1.807) is 6.92 Å². The van der Waals surface area contributed by atoms with Crippen molar-refractivity contribution in [3.63, 3.8) is 0 Å². The van der Waals surface area contributed by atoms with E-state index in [0.717, 1.165) is 12.8 Å². The molecule has 0 radical (unpaired) electrons. The first-order valence-electron chi connectivity index (χ1n) is 7.96. The number of ether oxygens (including phenoxy) is 1. The number of aryl methyl sites for hydroxylation is 1. The molecule has 1 aliphatic rings. The van der Waals surface area contributed by atoms with Gasteiger partial charge in [0.2, 0.25) is 11.8 Å². The van der Waals surface area contributed by atoms with Crippen molar-refractivity contribution in [3.8, 4) is 0 Å². The third-order valence-electron chi connectivity index (χ3n) is 4.30. The lowest BCUT2D eigenvalue weighted by atomic mass is 9.91. The quantitative estimate of drug-likeness (QED) is 0.912. The third kappa shape index (κ3) is 3.61. The molecule has 124 valence electrons. The van der Waals surface area contributed by atoms with Gasteiger partial charge in [-0.1, -0.05) is 5.16 Å². The van der Waals surface area contributed by atoms with Crippen LogP contribution in [0.4, 0.5) is 0 Å². The molecule has 0 spiro atoms. The summed E-state index contributed by atoms with van der Waals surface area (Å²) in [4.78, 5) is 16.9. The third-order valence-corrected chi connectivity index (χ3v) is 4.30. The van der Waals surface area contributed by atoms with E-state index < -0.39 is 0 Å². The predicted molar refractivity (Wildman–Crippen MR) is 82.6 cm³/mol. The zero-order valence-electron chi connectivity index (χ0n) is 13.4. The van der Waals surface area contributed by atoms with Crippen molar-refractivity contribution in [3.05, 3.63) is 36.2 Å². The van der Waals surface area contributed by atoms with Crippen LogP contribution in [0.2, 0.25) is 0 Å². The normalized spacial score (nSPS) is 18.5. The van der Waals surface area contributed by atoms with Crippen LogP contribution < -0.4 is 5.32 Å². The lowest BCUT2D eigenvalue weighted by molar-refractivity contribution is -0.125. The number of nitrogens with one attached hydrogen (secondary N) is 1. The molecule has 2 aromatic rings. The van der Waals surface area contributed by atoms with Gasteiger partial charge in [0.05, 0.1) is 0 Å². The van der Waals surface area contributed by atoms with Gasteiger partial charge in [-0.05, 0) is 44.7 Å². The van der Waals surface area contributed by atoms with Gasteiger partial charge >= 0.3 is 0 Å². The summed E-state index contributed by atoms with van der Waals surface area (Å²) in [5.41, 5.74) is 0. The van der Waals surface area contributed by atoms with Crippen LogP contribution in [0.15, 0.2) is 29.0 Å². The second-order valence-corrected chi connectivity index (χ2v) is 5.92. The summed E-state index contributed by atoms with van der Waals surface area (Å²) in [5, 5.41) is 6.95. The highest BCUT2D eigenvalue weighted by molar-refractivity contribution is 5.80. The second kappa shape index (κ2) is 6.95. The topological polar surface area (TPSA) is 82.2 Å². The second-order valence-electron chi connectivity index (χ2n) is 5.92. The van der Waals surface area contributed by atoms with Crippen LogP contribution in [0.25, 0.3) is 0 Å². The minimum Gasteiger partial charge on any atom is -0.381 e. The highest BCUT2D eigenvalue weighted by atomic mass is 16.5. The Labute approximate surface area is 135 Å². The van der Waals surface area contributed by atoms with Gasteiger partial charge in [0.25, 0.3) is 0 Å². The van der Waals surface area contributed by atoms with Crippen molar-refractivity contribution in [1.29, 1.82) is 0 Å². The van der Waals surface area contributed by atoms with Gasteiger partial charge in [-0.15, -0.1) is 0 Å². The Bertz CT molecular complexity index is 632. The Morgan fingerprint density at radius 3 is 2.65 bits per heavy atom. The van der Waals surface area contributed by atoms with Crippen LogP contribution in [-0.2, 0) is 9.53 Å². The number of carbonyl (C=O) groups excluding carboxylic acids is 1. The Hall–Kier alpha value is -2.15. The Balaban J connectivity index is 1.76. The summed E-state index contributed by atoms with van der Waals surface area (Å²) in [6.07, 6.45) is 5.49. The molecule has 1 aliphatic heterocycles. The maximum Gasteiger partial charge on any atom is 0.249 e. The average molecular weight is 318 g/mol. The van der Waals surface area contributed by atoms with Crippen molar-refractivity contribution >= 4 is 5.91 Å². The first kappa shape index (κ1) is 15.7. The molecular weight excluding hydrogens is 296 g/mol. The summed E-state index contributed by atoms with van der Waals surface area (Å²) in [6.45, 7) is 5.03. The first-order valence-corrected chi connectivity index (χ1v) is 7.96. The van der Waals surface area contributed by atoms with Crippen molar-refractivity contribution in [2.24, 2.45) is 5.92 Å². The SMILES string of the molecule is Cc1noc(C(NC(=O)C(C)n2cccc2)C2CCOCC2)n1. The molecule has 23 heavy (non-hydrogen) atoms. The standard InChI is InChI=1S/C16H22N4O3/c1-11(20-7-3-4-8-20)15(21)18-14(13-5-9-22-10-6-13)16-17-12(2)19-23-16/h3-4,7-8,11,13-14H,5-6,9-10H2,1-2H3,(H,18,21). The van der Waals surface area contributed by atoms with Crippen LogP contribution in [0, 0.1) is 12.8 Å². The number of amides is 1. The number of rotatable bonds is 5. The molecule has 1 saturated heterocycles. The lowest BCUT2D eigenvalue weighted by Crippen LogP contribution is -2.39. The Kier molecular flexibility index (Phi) is 4.76. The summed E-state index contributed by atoms with van der Waals surface area (Å²) in [6, 6.07) is 3.24. The molecule has 7 nitrogen and oxygen atoms in total. The zero-order valence-corrected chi connectivity index (χ0v) is 13.4. The molecule has 2 aromatic heterocycles. The van der Waals surface area contributed by atoms with Gasteiger partial charge in [-0.2, -0.15) is 4.98 Å². The largest absolute Gasteiger partial charge is 0.381 e. The van der Waals surface area contributed by atoms with Crippen molar-refractivity contribution < 1.29 is 14.1 Å². The van der Waals surface area contributed by atoms with Crippen LogP contribution >= 0.6 is 0 Å². The molecule has 0 aliphatic carbocycles. The highest BCUT2D eigenvalue weighted by Crippen LogP contribution is 2.29. The van der Waals surface area contributed by atoms with Crippen LogP contribution in [0.3, 0.4) is 0 Å². The van der Waals surface area contributed by atoms with Gasteiger partial charge in [0.1, 0.15) is 12.1 Å². The number of carbonyl (C=O) groups is 1. The summed E-state index contributed by atoms with van der Waals surface area (Å²) in [5.74, 6) is 1.23. The molecule has 3 rings (SSSR count). The van der Waals surface area contributed by atoms with Crippen molar-refractivity contribution in [2.75, 3.05) is 13.2 Å². The number of aromatic nitrogens is 3. The van der Waals surface area contributed by atoms with Gasteiger partial charge in [-0.3, -0.25) is 4.79 Å². The minimum atomic E-state index is -0.295. The van der Waals surface area contributed by atoms with Gasteiger partial charge in [0, 0.05) is 25.6 Å². The van der Waals surface area contributed by atoms with E-state index in [1.165, 1.54) is 0 Å². The average Bonchev–Trinajstić information content (AvgIpc) is 3.24. The van der Waals surface area contributed by atoms with E-state index >= 15 is 0 Å². The molecule has 2 unspecified atom stereocenters. The Morgan fingerprint density at radius 1 is 1.35 bits per heavy atom. The first-order chi connectivity index (χ1) is 11.1. The fourth-order valence-corrected chi connectivity index (χ4v) is 2.89. The minimum absolute atomic E-state index is 0.0615. The summed E-state index contributed by atoms with van der Waals surface area (Å²) >= 11 is 0. The molecule has 3 heterocycles. The van der Waals surface area contributed by atoms with Crippen LogP contribution in [0.1, 0.15) is 43.6 Å². The van der Waals surface area contributed by atoms with E-state index in [4.69, 9.17) is 9.26 Å². The fraction of sp³-hybridized carbons (Fsp3) is 0.562. The molecule has 1 fully saturated rings. The van der Waals surface area contributed by atoms with E-state index in [2.05, 4.69) is 15.5 Å². The number of hydrogen-bond acceptors (Lipinski definition) is 5. The summed E-state index contributed by atoms with van der Waals surface area (Å²) in [7, 11) is 0.